The molecule has 2 amide bonds. The molecular weight excluding hydrogens is 392 g/mol. The normalized spacial score (nSPS) is 19.6. The van der Waals surface area contributed by atoms with Crippen molar-refractivity contribution in [2.45, 2.75) is 25.4 Å². The van der Waals surface area contributed by atoms with Crippen LogP contribution >= 0.6 is 31.9 Å². The number of aromatic hydroxyl groups is 1. The van der Waals surface area contributed by atoms with Crippen LogP contribution in [0.15, 0.2) is 21.1 Å². The molecule has 7 heteroatoms. The molecule has 1 fully saturated rings. The Kier molecular flexibility index (Phi) is 4.82. The van der Waals surface area contributed by atoms with Gasteiger partial charge in [0.1, 0.15) is 5.75 Å². The molecule has 0 bridgehead atoms. The number of benzene rings is 1. The standard InChI is InChI=1S/C13H14Br2N2O3/c1-17-11(18)3-2-10(13(17)20)16-6-7-4-8(14)12(19)9(15)5-7/h4-5,10,16,19H,2-3,6H2,1H3. The zero-order valence-corrected chi connectivity index (χ0v) is 14.0. The number of phenols is 1. The Labute approximate surface area is 133 Å². The van der Waals surface area contributed by atoms with E-state index in [-0.39, 0.29) is 23.6 Å². The average molecular weight is 406 g/mol. The first-order chi connectivity index (χ1) is 9.40. The monoisotopic (exact) mass is 404 g/mol. The van der Waals surface area contributed by atoms with Crippen molar-refractivity contribution in [3.8, 4) is 5.75 Å². The molecule has 0 aliphatic carbocycles. The number of nitrogens with one attached hydrogen (secondary N) is 1. The predicted octanol–water partition coefficient (Wildman–Crippen LogP) is 2.15. The third-order valence-electron chi connectivity index (χ3n) is 3.28. The van der Waals surface area contributed by atoms with Gasteiger partial charge in [0.2, 0.25) is 11.8 Å². The molecule has 1 unspecified atom stereocenters. The van der Waals surface area contributed by atoms with Crippen LogP contribution in [0.1, 0.15) is 18.4 Å². The van der Waals surface area contributed by atoms with Crippen LogP contribution in [0.2, 0.25) is 0 Å². The fourth-order valence-corrected chi connectivity index (χ4v) is 3.35. The SMILES string of the molecule is CN1C(=O)CCC(NCc2cc(Br)c(O)c(Br)c2)C1=O. The highest BCUT2D eigenvalue weighted by molar-refractivity contribution is 9.11. The van der Waals surface area contributed by atoms with Crippen molar-refractivity contribution in [1.29, 1.82) is 0 Å². The second-order valence-electron chi connectivity index (χ2n) is 4.67. The maximum Gasteiger partial charge on any atom is 0.246 e. The van der Waals surface area contributed by atoms with Crippen molar-refractivity contribution in [3.63, 3.8) is 0 Å². The van der Waals surface area contributed by atoms with Gasteiger partial charge in [0.15, 0.2) is 0 Å². The first-order valence-corrected chi connectivity index (χ1v) is 7.69. The van der Waals surface area contributed by atoms with E-state index in [4.69, 9.17) is 0 Å². The second-order valence-corrected chi connectivity index (χ2v) is 6.38. The van der Waals surface area contributed by atoms with Crippen LogP contribution in [-0.2, 0) is 16.1 Å². The van der Waals surface area contributed by atoms with Crippen molar-refractivity contribution in [3.05, 3.63) is 26.6 Å². The number of likely N-dealkylation sites (tertiary alicyclic amines) is 1. The van der Waals surface area contributed by atoms with Crippen molar-refractivity contribution >= 4 is 43.7 Å². The summed E-state index contributed by atoms with van der Waals surface area (Å²) in [6, 6.07) is 3.23. The van der Waals surface area contributed by atoms with Gasteiger partial charge >= 0.3 is 0 Å². The van der Waals surface area contributed by atoms with E-state index in [1.165, 1.54) is 11.9 Å². The van der Waals surface area contributed by atoms with E-state index < -0.39 is 0 Å². The third kappa shape index (κ3) is 3.21. The zero-order valence-electron chi connectivity index (χ0n) is 10.8. The molecule has 1 aromatic rings. The van der Waals surface area contributed by atoms with Crippen molar-refractivity contribution in [2.75, 3.05) is 7.05 Å². The topological polar surface area (TPSA) is 69.6 Å². The van der Waals surface area contributed by atoms with Crippen LogP contribution in [0.3, 0.4) is 0 Å². The molecule has 0 spiro atoms. The van der Waals surface area contributed by atoms with Gasteiger partial charge in [-0.25, -0.2) is 0 Å². The summed E-state index contributed by atoms with van der Waals surface area (Å²) in [5, 5.41) is 12.8. The molecular formula is C13H14Br2N2O3. The predicted molar refractivity (Wildman–Crippen MR) is 81.1 cm³/mol. The molecule has 1 heterocycles. The van der Waals surface area contributed by atoms with E-state index in [1.54, 1.807) is 12.1 Å². The molecule has 0 radical (unpaired) electrons. The molecule has 0 saturated carbocycles. The second kappa shape index (κ2) is 6.24. The molecule has 1 aliphatic rings. The van der Waals surface area contributed by atoms with Crippen molar-refractivity contribution < 1.29 is 14.7 Å². The minimum absolute atomic E-state index is 0.136. The number of carbonyl (C=O) groups is 2. The zero-order chi connectivity index (χ0) is 14.9. The maximum atomic E-state index is 11.9. The highest BCUT2D eigenvalue weighted by Crippen LogP contribution is 2.33. The number of nitrogens with zero attached hydrogens (tertiary/aromatic N) is 1. The first-order valence-electron chi connectivity index (χ1n) is 6.11. The number of halogens is 2. The smallest absolute Gasteiger partial charge is 0.246 e. The number of amides is 2. The number of hydrogen-bond acceptors (Lipinski definition) is 4. The van der Waals surface area contributed by atoms with E-state index in [9.17, 15) is 14.7 Å². The molecule has 2 N–H and O–H groups in total. The lowest BCUT2D eigenvalue weighted by Crippen LogP contribution is -2.51. The van der Waals surface area contributed by atoms with E-state index in [0.717, 1.165) is 5.56 Å². The van der Waals surface area contributed by atoms with E-state index in [2.05, 4.69) is 37.2 Å². The van der Waals surface area contributed by atoms with E-state index in [0.29, 0.717) is 28.3 Å². The van der Waals surface area contributed by atoms with E-state index >= 15 is 0 Å². The maximum absolute atomic E-state index is 11.9. The average Bonchev–Trinajstić information content (AvgIpc) is 2.41. The molecule has 20 heavy (non-hydrogen) atoms. The number of piperidine rings is 1. The van der Waals surface area contributed by atoms with Gasteiger partial charge in [0.05, 0.1) is 15.0 Å². The Hall–Kier alpha value is -0.920. The van der Waals surface area contributed by atoms with Gasteiger partial charge in [-0.05, 0) is 56.0 Å². The number of likely N-dealkylation sites (N-methyl/N-ethyl adjacent to an activating group) is 1. The summed E-state index contributed by atoms with van der Waals surface area (Å²) in [6.07, 6.45) is 0.894. The largest absolute Gasteiger partial charge is 0.506 e. The summed E-state index contributed by atoms with van der Waals surface area (Å²) in [7, 11) is 1.51. The Morgan fingerprint density at radius 2 is 1.95 bits per heavy atom. The Morgan fingerprint density at radius 1 is 1.35 bits per heavy atom. The minimum Gasteiger partial charge on any atom is -0.506 e. The fraction of sp³-hybridized carbons (Fsp3) is 0.385. The van der Waals surface area contributed by atoms with Gasteiger partial charge < -0.3 is 10.4 Å². The number of hydrogen-bond donors (Lipinski definition) is 2. The molecule has 1 aliphatic heterocycles. The Morgan fingerprint density at radius 3 is 2.55 bits per heavy atom. The minimum atomic E-state index is -0.343. The molecule has 0 aromatic heterocycles. The third-order valence-corrected chi connectivity index (χ3v) is 4.49. The number of rotatable bonds is 3. The van der Waals surface area contributed by atoms with Crippen molar-refractivity contribution in [2.24, 2.45) is 0 Å². The molecule has 1 aromatic carbocycles. The van der Waals surface area contributed by atoms with Crippen LogP contribution in [0.5, 0.6) is 5.75 Å². The van der Waals surface area contributed by atoms with Gasteiger partial charge in [0, 0.05) is 20.0 Å². The molecule has 1 atom stereocenters. The van der Waals surface area contributed by atoms with Gasteiger partial charge in [-0.15, -0.1) is 0 Å². The highest BCUT2D eigenvalue weighted by atomic mass is 79.9. The summed E-state index contributed by atoms with van der Waals surface area (Å²) in [4.78, 5) is 24.5. The molecule has 108 valence electrons. The number of carbonyl (C=O) groups excluding carboxylic acids is 2. The fourth-order valence-electron chi connectivity index (χ4n) is 2.07. The van der Waals surface area contributed by atoms with E-state index in [1.807, 2.05) is 0 Å². The summed E-state index contributed by atoms with van der Waals surface area (Å²) < 4.78 is 1.18. The van der Waals surface area contributed by atoms with Crippen molar-refractivity contribution in [1.82, 2.24) is 10.2 Å². The van der Waals surface area contributed by atoms with Gasteiger partial charge in [-0.2, -0.15) is 0 Å². The lowest BCUT2D eigenvalue weighted by atomic mass is 10.0. The lowest BCUT2D eigenvalue weighted by molar-refractivity contribution is -0.148. The lowest BCUT2D eigenvalue weighted by Gasteiger charge is -2.28. The van der Waals surface area contributed by atoms with Gasteiger partial charge in [-0.3, -0.25) is 14.5 Å². The van der Waals surface area contributed by atoms with Gasteiger partial charge in [-0.1, -0.05) is 0 Å². The van der Waals surface area contributed by atoms with Crippen LogP contribution < -0.4 is 5.32 Å². The number of imide groups is 1. The Balaban J connectivity index is 2.02. The molecule has 1 saturated heterocycles. The summed E-state index contributed by atoms with van der Waals surface area (Å²) in [6.45, 7) is 0.482. The number of phenolic OH excluding ortho intramolecular Hbond substituents is 1. The quantitative estimate of drug-likeness (QED) is 0.756. The summed E-state index contributed by atoms with van der Waals surface area (Å²) in [5.41, 5.74) is 0.925. The molecule has 5 nitrogen and oxygen atoms in total. The Bertz CT molecular complexity index is 540. The van der Waals surface area contributed by atoms with Crippen LogP contribution in [-0.4, -0.2) is 34.9 Å². The highest BCUT2D eigenvalue weighted by Gasteiger charge is 2.31. The van der Waals surface area contributed by atoms with Crippen LogP contribution in [0.25, 0.3) is 0 Å². The van der Waals surface area contributed by atoms with Gasteiger partial charge in [0.25, 0.3) is 0 Å². The molecule has 2 rings (SSSR count). The summed E-state index contributed by atoms with van der Waals surface area (Å²) >= 11 is 6.53. The summed E-state index contributed by atoms with van der Waals surface area (Å²) in [5.74, 6) is -0.186. The van der Waals surface area contributed by atoms with Crippen LogP contribution in [0.4, 0.5) is 0 Å². The first kappa shape index (κ1) is 15.5. The van der Waals surface area contributed by atoms with Crippen LogP contribution in [0, 0.1) is 0 Å².